The lowest BCUT2D eigenvalue weighted by Gasteiger charge is -2.25. The van der Waals surface area contributed by atoms with Crippen molar-refractivity contribution in [3.8, 4) is 0 Å². The first kappa shape index (κ1) is 19.5. The quantitative estimate of drug-likeness (QED) is 0.848. The first-order chi connectivity index (χ1) is 12.8. The van der Waals surface area contributed by atoms with E-state index in [0.717, 1.165) is 36.9 Å². The van der Waals surface area contributed by atoms with E-state index < -0.39 is 0 Å². The fraction of sp³-hybridized carbons (Fsp3) is 0.524. The second-order valence-corrected chi connectivity index (χ2v) is 8.00. The van der Waals surface area contributed by atoms with Crippen LogP contribution in [0.2, 0.25) is 0 Å². The predicted octanol–water partition coefficient (Wildman–Crippen LogP) is 3.03. The van der Waals surface area contributed by atoms with Crippen molar-refractivity contribution in [3.05, 3.63) is 52.6 Å². The van der Waals surface area contributed by atoms with Gasteiger partial charge in [0, 0.05) is 44.5 Å². The molecule has 1 heterocycles. The molecule has 6 heteroatoms. The van der Waals surface area contributed by atoms with E-state index in [1.165, 1.54) is 17.8 Å². The first-order valence-corrected chi connectivity index (χ1v) is 9.63. The van der Waals surface area contributed by atoms with Crippen LogP contribution in [0.15, 0.2) is 24.3 Å². The largest absolute Gasteiger partial charge is 0.343 e. The van der Waals surface area contributed by atoms with Crippen LogP contribution in [-0.4, -0.2) is 40.7 Å². The smallest absolute Gasteiger partial charge is 0.274 e. The molecule has 1 unspecified atom stereocenters. The highest BCUT2D eigenvalue weighted by atomic mass is 19.1. The standard InChI is InChI=1S/C21H29FN4O/c1-14(2)13-26-19-10-9-17(23-12-15-5-7-16(22)8-6-15)11-18(19)20(24-26)21(27)25(3)4/h5-8,14,17,23H,9-13H2,1-4H3. The summed E-state index contributed by atoms with van der Waals surface area (Å²) in [5, 5.41) is 8.23. The lowest BCUT2D eigenvalue weighted by atomic mass is 9.90. The molecule has 1 aliphatic carbocycles. The molecule has 0 saturated carbocycles. The topological polar surface area (TPSA) is 50.2 Å². The Morgan fingerprint density at radius 2 is 2.04 bits per heavy atom. The number of halogens is 1. The fourth-order valence-corrected chi connectivity index (χ4v) is 3.61. The third kappa shape index (κ3) is 4.56. The Bertz CT molecular complexity index is 795. The maximum atomic E-state index is 13.1. The summed E-state index contributed by atoms with van der Waals surface area (Å²) in [6.45, 7) is 5.85. The van der Waals surface area contributed by atoms with Gasteiger partial charge in [0.25, 0.3) is 5.91 Å². The Labute approximate surface area is 160 Å². The normalized spacial score (nSPS) is 16.4. The monoisotopic (exact) mass is 372 g/mol. The number of rotatable bonds is 6. The molecule has 1 amide bonds. The third-order valence-electron chi connectivity index (χ3n) is 5.00. The SMILES string of the molecule is CC(C)Cn1nc(C(=O)N(C)C)c2c1CCC(NCc1ccc(F)cc1)C2. The molecule has 27 heavy (non-hydrogen) atoms. The van der Waals surface area contributed by atoms with Crippen molar-refractivity contribution in [2.75, 3.05) is 14.1 Å². The Balaban J connectivity index is 1.77. The number of nitrogens with zero attached hydrogens (tertiary/aromatic N) is 3. The number of amides is 1. The maximum Gasteiger partial charge on any atom is 0.274 e. The summed E-state index contributed by atoms with van der Waals surface area (Å²) in [5.41, 5.74) is 3.93. The Kier molecular flexibility index (Phi) is 5.95. The second-order valence-electron chi connectivity index (χ2n) is 8.00. The van der Waals surface area contributed by atoms with Gasteiger partial charge in [0.1, 0.15) is 5.82 Å². The molecule has 0 bridgehead atoms. The van der Waals surface area contributed by atoms with Crippen LogP contribution in [0.4, 0.5) is 4.39 Å². The summed E-state index contributed by atoms with van der Waals surface area (Å²) >= 11 is 0. The Morgan fingerprint density at radius 3 is 2.67 bits per heavy atom. The summed E-state index contributed by atoms with van der Waals surface area (Å²) in [6.07, 6.45) is 2.72. The van der Waals surface area contributed by atoms with Gasteiger partial charge in [-0.05, 0) is 42.9 Å². The molecule has 1 N–H and O–H groups in total. The molecule has 1 aromatic heterocycles. The zero-order chi connectivity index (χ0) is 19.6. The van der Waals surface area contributed by atoms with Gasteiger partial charge in [0.2, 0.25) is 0 Å². The van der Waals surface area contributed by atoms with Gasteiger partial charge in [-0.1, -0.05) is 26.0 Å². The van der Waals surface area contributed by atoms with Gasteiger partial charge in [0.05, 0.1) is 0 Å². The van der Waals surface area contributed by atoms with Crippen LogP contribution in [-0.2, 0) is 25.9 Å². The average Bonchev–Trinajstić information content (AvgIpc) is 2.97. The summed E-state index contributed by atoms with van der Waals surface area (Å²) in [6, 6.07) is 6.86. The van der Waals surface area contributed by atoms with Crippen molar-refractivity contribution in [2.45, 2.75) is 52.2 Å². The van der Waals surface area contributed by atoms with Crippen molar-refractivity contribution in [3.63, 3.8) is 0 Å². The highest BCUT2D eigenvalue weighted by Gasteiger charge is 2.29. The van der Waals surface area contributed by atoms with E-state index in [1.54, 1.807) is 31.1 Å². The molecule has 1 aliphatic rings. The number of fused-ring (bicyclic) bond motifs is 1. The van der Waals surface area contributed by atoms with Crippen LogP contribution in [0, 0.1) is 11.7 Å². The number of carbonyl (C=O) groups excluding carboxylic acids is 1. The predicted molar refractivity (Wildman–Crippen MR) is 104 cm³/mol. The Morgan fingerprint density at radius 1 is 1.33 bits per heavy atom. The van der Waals surface area contributed by atoms with Gasteiger partial charge < -0.3 is 10.2 Å². The Hall–Kier alpha value is -2.21. The summed E-state index contributed by atoms with van der Waals surface area (Å²) < 4.78 is 15.1. The van der Waals surface area contributed by atoms with Crippen LogP contribution >= 0.6 is 0 Å². The first-order valence-electron chi connectivity index (χ1n) is 9.63. The van der Waals surface area contributed by atoms with Crippen LogP contribution in [0.1, 0.15) is 47.6 Å². The number of hydrogen-bond acceptors (Lipinski definition) is 3. The highest BCUT2D eigenvalue weighted by Crippen LogP contribution is 2.26. The second kappa shape index (κ2) is 8.21. The third-order valence-corrected chi connectivity index (χ3v) is 5.00. The molecule has 146 valence electrons. The van der Waals surface area contributed by atoms with Crippen molar-refractivity contribution in [2.24, 2.45) is 5.92 Å². The van der Waals surface area contributed by atoms with Gasteiger partial charge in [-0.2, -0.15) is 5.10 Å². The van der Waals surface area contributed by atoms with Gasteiger partial charge >= 0.3 is 0 Å². The molecule has 0 radical (unpaired) electrons. The summed E-state index contributed by atoms with van der Waals surface area (Å²) in [4.78, 5) is 14.2. The van der Waals surface area contributed by atoms with Gasteiger partial charge in [0.15, 0.2) is 5.69 Å². The van der Waals surface area contributed by atoms with E-state index in [9.17, 15) is 9.18 Å². The zero-order valence-electron chi connectivity index (χ0n) is 16.6. The lowest BCUT2D eigenvalue weighted by Crippen LogP contribution is -2.35. The zero-order valence-corrected chi connectivity index (χ0v) is 16.6. The molecule has 0 spiro atoms. The fourth-order valence-electron chi connectivity index (χ4n) is 3.61. The number of aromatic nitrogens is 2. The number of nitrogens with one attached hydrogen (secondary N) is 1. The molecule has 1 atom stereocenters. The van der Waals surface area contributed by atoms with E-state index in [0.29, 0.717) is 18.2 Å². The molecule has 3 rings (SSSR count). The van der Waals surface area contributed by atoms with Crippen LogP contribution in [0.5, 0.6) is 0 Å². The lowest BCUT2D eigenvalue weighted by molar-refractivity contribution is 0.0819. The van der Waals surface area contributed by atoms with E-state index in [2.05, 4.69) is 24.3 Å². The van der Waals surface area contributed by atoms with E-state index in [4.69, 9.17) is 0 Å². The minimum atomic E-state index is -0.217. The molecule has 1 aromatic carbocycles. The maximum absolute atomic E-state index is 13.1. The van der Waals surface area contributed by atoms with E-state index in [1.807, 2.05) is 4.68 Å². The molecule has 0 fully saturated rings. The number of benzene rings is 1. The molecular formula is C21H29FN4O. The number of hydrogen-bond donors (Lipinski definition) is 1. The van der Waals surface area contributed by atoms with Crippen LogP contribution in [0.25, 0.3) is 0 Å². The van der Waals surface area contributed by atoms with Crippen molar-refractivity contribution in [1.29, 1.82) is 0 Å². The van der Waals surface area contributed by atoms with E-state index in [-0.39, 0.29) is 17.8 Å². The molecule has 0 aliphatic heterocycles. The van der Waals surface area contributed by atoms with Crippen molar-refractivity contribution >= 4 is 5.91 Å². The summed E-state index contributed by atoms with van der Waals surface area (Å²) in [7, 11) is 3.53. The van der Waals surface area contributed by atoms with Gasteiger partial charge in [-0.25, -0.2) is 4.39 Å². The van der Waals surface area contributed by atoms with Crippen LogP contribution in [0.3, 0.4) is 0 Å². The van der Waals surface area contributed by atoms with Crippen molar-refractivity contribution in [1.82, 2.24) is 20.0 Å². The number of carbonyl (C=O) groups is 1. The van der Waals surface area contributed by atoms with E-state index >= 15 is 0 Å². The van der Waals surface area contributed by atoms with Gasteiger partial charge in [-0.3, -0.25) is 9.48 Å². The molecular weight excluding hydrogens is 343 g/mol. The van der Waals surface area contributed by atoms with Gasteiger partial charge in [-0.15, -0.1) is 0 Å². The van der Waals surface area contributed by atoms with Crippen molar-refractivity contribution < 1.29 is 9.18 Å². The molecule has 2 aromatic rings. The minimum absolute atomic E-state index is 0.0343. The molecule has 0 saturated heterocycles. The average molecular weight is 372 g/mol. The highest BCUT2D eigenvalue weighted by molar-refractivity contribution is 5.93. The summed E-state index contributed by atoms with van der Waals surface area (Å²) in [5.74, 6) is 0.226. The van der Waals surface area contributed by atoms with Crippen LogP contribution < -0.4 is 5.32 Å². The molecule has 5 nitrogen and oxygen atoms in total. The minimum Gasteiger partial charge on any atom is -0.343 e.